The molecule has 0 aliphatic carbocycles. The first-order chi connectivity index (χ1) is 10.1. The monoisotopic (exact) mass is 287 g/mol. The summed E-state index contributed by atoms with van der Waals surface area (Å²) in [6.45, 7) is 1.96. The number of carbonyl (C=O) groups is 1. The van der Waals surface area contributed by atoms with Crippen LogP contribution in [0.25, 0.3) is 0 Å². The molecule has 0 bridgehead atoms. The number of benzene rings is 2. The first-order valence-corrected chi connectivity index (χ1v) is 6.78. The molecule has 4 heteroatoms. The van der Waals surface area contributed by atoms with E-state index in [1.54, 1.807) is 25.3 Å². The normalized spacial score (nSPS) is 10.2. The number of methoxy groups -OCH3 is 1. The third kappa shape index (κ3) is 4.05. The minimum Gasteiger partial charge on any atom is -0.496 e. The van der Waals surface area contributed by atoms with E-state index in [0.29, 0.717) is 12.8 Å². The van der Waals surface area contributed by atoms with Crippen LogP contribution in [0.1, 0.15) is 17.5 Å². The van der Waals surface area contributed by atoms with Gasteiger partial charge in [-0.1, -0.05) is 24.3 Å². The number of para-hydroxylation sites is 1. The van der Waals surface area contributed by atoms with E-state index >= 15 is 0 Å². The Bertz CT molecular complexity index is 640. The Balaban J connectivity index is 1.92. The highest BCUT2D eigenvalue weighted by atomic mass is 19.1. The Labute approximate surface area is 123 Å². The van der Waals surface area contributed by atoms with Gasteiger partial charge in [0, 0.05) is 6.42 Å². The summed E-state index contributed by atoms with van der Waals surface area (Å²) < 4.78 is 18.6. The lowest BCUT2D eigenvalue weighted by molar-refractivity contribution is -0.116. The van der Waals surface area contributed by atoms with Gasteiger partial charge in [0.2, 0.25) is 5.91 Å². The van der Waals surface area contributed by atoms with Gasteiger partial charge in [0.1, 0.15) is 11.6 Å². The van der Waals surface area contributed by atoms with Gasteiger partial charge in [-0.2, -0.15) is 0 Å². The van der Waals surface area contributed by atoms with Crippen molar-refractivity contribution >= 4 is 11.6 Å². The van der Waals surface area contributed by atoms with Gasteiger partial charge in [0.05, 0.1) is 12.8 Å². The highest BCUT2D eigenvalue weighted by molar-refractivity contribution is 5.90. The van der Waals surface area contributed by atoms with Gasteiger partial charge in [-0.25, -0.2) is 4.39 Å². The fraction of sp³-hybridized carbons (Fsp3) is 0.235. The van der Waals surface area contributed by atoms with Crippen LogP contribution in [0.2, 0.25) is 0 Å². The second-order valence-corrected chi connectivity index (χ2v) is 4.83. The van der Waals surface area contributed by atoms with Crippen molar-refractivity contribution in [2.75, 3.05) is 12.4 Å². The number of hydrogen-bond acceptors (Lipinski definition) is 2. The van der Waals surface area contributed by atoms with Crippen molar-refractivity contribution < 1.29 is 13.9 Å². The van der Waals surface area contributed by atoms with Crippen LogP contribution in [0, 0.1) is 12.7 Å². The Hall–Kier alpha value is -2.36. The van der Waals surface area contributed by atoms with E-state index in [-0.39, 0.29) is 11.6 Å². The zero-order chi connectivity index (χ0) is 15.2. The smallest absolute Gasteiger partial charge is 0.224 e. The summed E-state index contributed by atoms with van der Waals surface area (Å²) in [7, 11) is 1.63. The van der Waals surface area contributed by atoms with E-state index in [0.717, 1.165) is 16.9 Å². The van der Waals surface area contributed by atoms with Crippen LogP contribution in [0.15, 0.2) is 42.5 Å². The molecule has 21 heavy (non-hydrogen) atoms. The molecule has 110 valence electrons. The molecule has 0 saturated carbocycles. The van der Waals surface area contributed by atoms with E-state index < -0.39 is 5.82 Å². The summed E-state index contributed by atoms with van der Waals surface area (Å²) in [6, 6.07) is 12.0. The molecule has 0 aliphatic heterocycles. The first-order valence-electron chi connectivity index (χ1n) is 6.78. The van der Waals surface area contributed by atoms with Crippen LogP contribution in [0.3, 0.4) is 0 Å². The van der Waals surface area contributed by atoms with Crippen molar-refractivity contribution in [3.63, 3.8) is 0 Å². The summed E-state index contributed by atoms with van der Waals surface area (Å²) in [5, 5.41) is 2.58. The molecule has 1 amide bonds. The van der Waals surface area contributed by atoms with E-state index in [2.05, 4.69) is 5.32 Å². The second kappa shape index (κ2) is 6.88. The van der Waals surface area contributed by atoms with Gasteiger partial charge in [0.15, 0.2) is 0 Å². The standard InChI is InChI=1S/C17H18FNO2/c1-12-11-13(7-9-16(12)21-2)8-10-17(20)19-15-6-4-3-5-14(15)18/h3-7,9,11H,8,10H2,1-2H3,(H,19,20). The molecule has 2 aromatic carbocycles. The molecule has 0 aliphatic rings. The van der Waals surface area contributed by atoms with Gasteiger partial charge in [-0.05, 0) is 42.7 Å². The van der Waals surface area contributed by atoms with Crippen LogP contribution in [-0.2, 0) is 11.2 Å². The van der Waals surface area contributed by atoms with Gasteiger partial charge < -0.3 is 10.1 Å². The van der Waals surface area contributed by atoms with E-state index in [1.165, 1.54) is 6.07 Å². The van der Waals surface area contributed by atoms with E-state index in [9.17, 15) is 9.18 Å². The van der Waals surface area contributed by atoms with Crippen LogP contribution >= 0.6 is 0 Å². The molecule has 0 fully saturated rings. The molecule has 0 unspecified atom stereocenters. The lowest BCUT2D eigenvalue weighted by atomic mass is 10.1. The van der Waals surface area contributed by atoms with Crippen molar-refractivity contribution in [2.24, 2.45) is 0 Å². The molecule has 3 nitrogen and oxygen atoms in total. The number of nitrogens with one attached hydrogen (secondary N) is 1. The highest BCUT2D eigenvalue weighted by Crippen LogP contribution is 2.19. The Morgan fingerprint density at radius 3 is 2.67 bits per heavy atom. The maximum atomic E-state index is 13.4. The van der Waals surface area contributed by atoms with Crippen molar-refractivity contribution in [2.45, 2.75) is 19.8 Å². The largest absolute Gasteiger partial charge is 0.496 e. The first kappa shape index (κ1) is 15.0. The fourth-order valence-corrected chi connectivity index (χ4v) is 2.13. The molecule has 0 heterocycles. The molecule has 0 atom stereocenters. The summed E-state index contributed by atoms with van der Waals surface area (Å²) in [4.78, 5) is 11.8. The average molecular weight is 287 g/mol. The number of halogens is 1. The predicted octanol–water partition coefficient (Wildman–Crippen LogP) is 3.71. The van der Waals surface area contributed by atoms with Crippen molar-refractivity contribution in [3.8, 4) is 5.75 Å². The number of rotatable bonds is 5. The molecule has 1 N–H and O–H groups in total. The summed E-state index contributed by atoms with van der Waals surface area (Å²) >= 11 is 0. The Kier molecular flexibility index (Phi) is 4.93. The second-order valence-electron chi connectivity index (χ2n) is 4.83. The SMILES string of the molecule is COc1ccc(CCC(=O)Nc2ccccc2F)cc1C. The van der Waals surface area contributed by atoms with Crippen LogP contribution in [0.5, 0.6) is 5.75 Å². The predicted molar refractivity (Wildman–Crippen MR) is 81.1 cm³/mol. The lowest BCUT2D eigenvalue weighted by Gasteiger charge is -2.08. The maximum Gasteiger partial charge on any atom is 0.224 e. The minimum absolute atomic E-state index is 0.200. The highest BCUT2D eigenvalue weighted by Gasteiger charge is 2.07. The van der Waals surface area contributed by atoms with Gasteiger partial charge in [-0.3, -0.25) is 4.79 Å². The molecule has 0 spiro atoms. The molecule has 0 aromatic heterocycles. The number of amides is 1. The van der Waals surface area contributed by atoms with Gasteiger partial charge in [-0.15, -0.1) is 0 Å². The van der Waals surface area contributed by atoms with E-state index in [1.807, 2.05) is 25.1 Å². The molecule has 0 radical (unpaired) electrons. The van der Waals surface area contributed by atoms with Gasteiger partial charge >= 0.3 is 0 Å². The van der Waals surface area contributed by atoms with Crippen molar-refractivity contribution in [3.05, 3.63) is 59.4 Å². The summed E-state index contributed by atoms with van der Waals surface area (Å²) in [5.74, 6) is 0.203. The van der Waals surface area contributed by atoms with Gasteiger partial charge in [0.25, 0.3) is 0 Å². The Morgan fingerprint density at radius 1 is 1.24 bits per heavy atom. The third-order valence-electron chi connectivity index (χ3n) is 3.25. The molecule has 2 aromatic rings. The zero-order valence-electron chi connectivity index (χ0n) is 12.2. The number of hydrogen-bond donors (Lipinski definition) is 1. The number of ether oxygens (including phenoxy) is 1. The summed E-state index contributed by atoms with van der Waals surface area (Å²) in [5.41, 5.74) is 2.30. The zero-order valence-corrected chi connectivity index (χ0v) is 12.2. The molecular formula is C17H18FNO2. The fourth-order valence-electron chi connectivity index (χ4n) is 2.13. The quantitative estimate of drug-likeness (QED) is 0.910. The van der Waals surface area contributed by atoms with Crippen molar-refractivity contribution in [1.29, 1.82) is 0 Å². The lowest BCUT2D eigenvalue weighted by Crippen LogP contribution is -2.13. The Morgan fingerprint density at radius 2 is 2.00 bits per heavy atom. The van der Waals surface area contributed by atoms with Crippen LogP contribution in [-0.4, -0.2) is 13.0 Å². The molecule has 2 rings (SSSR count). The molecular weight excluding hydrogens is 269 g/mol. The van der Waals surface area contributed by atoms with Crippen LogP contribution in [0.4, 0.5) is 10.1 Å². The number of aryl methyl sites for hydroxylation is 2. The summed E-state index contributed by atoms with van der Waals surface area (Å²) in [6.07, 6.45) is 0.908. The third-order valence-corrected chi connectivity index (χ3v) is 3.25. The number of anilines is 1. The van der Waals surface area contributed by atoms with Crippen molar-refractivity contribution in [1.82, 2.24) is 0 Å². The topological polar surface area (TPSA) is 38.3 Å². The van der Waals surface area contributed by atoms with E-state index in [4.69, 9.17) is 4.74 Å². The minimum atomic E-state index is -0.425. The number of carbonyl (C=O) groups excluding carboxylic acids is 1. The average Bonchev–Trinajstić information content (AvgIpc) is 2.48. The molecule has 0 saturated heterocycles. The van der Waals surface area contributed by atoms with Crippen LogP contribution < -0.4 is 10.1 Å². The maximum absolute atomic E-state index is 13.4.